The maximum absolute atomic E-state index is 13.0. The van der Waals surface area contributed by atoms with Gasteiger partial charge in [-0.05, 0) is 51.4 Å². The minimum atomic E-state index is -2.08. The molecule has 0 unspecified atom stereocenters. The fourth-order valence-electron chi connectivity index (χ4n) is 10.4. The second kappa shape index (κ2) is 7.30. The summed E-state index contributed by atoms with van der Waals surface area (Å²) in [4.78, 5) is 15.0. The topological polar surface area (TPSA) is 162 Å². The summed E-state index contributed by atoms with van der Waals surface area (Å²) in [6.45, 7) is 6.31. The molecular formula is C27H43NO8. The summed E-state index contributed by atoms with van der Waals surface area (Å²) >= 11 is 0. The first-order valence-electron chi connectivity index (χ1n) is 13.8. The Kier molecular flexibility index (Phi) is 5.19. The Hall–Kier alpha value is -0.650. The lowest BCUT2D eigenvalue weighted by atomic mass is 9.48. The highest BCUT2D eigenvalue weighted by Gasteiger charge is 2.84. The maximum atomic E-state index is 13.0. The second-order valence-corrected chi connectivity index (χ2v) is 13.9. The predicted octanol–water partition coefficient (Wildman–Crippen LogP) is -0.683. The molecule has 2 heterocycles. The van der Waals surface area contributed by atoms with E-state index in [0.717, 1.165) is 6.42 Å². The van der Waals surface area contributed by atoms with E-state index in [-0.39, 0.29) is 38.0 Å². The number of hydrogen-bond acceptors (Lipinski definition) is 9. The van der Waals surface area contributed by atoms with Gasteiger partial charge in [-0.15, -0.1) is 0 Å². The number of ketones is 1. The van der Waals surface area contributed by atoms with E-state index in [4.69, 9.17) is 0 Å². The number of rotatable bonds is 0. The molecule has 13 atom stereocenters. The molecule has 2 aliphatic heterocycles. The van der Waals surface area contributed by atoms with Gasteiger partial charge in [-0.1, -0.05) is 13.8 Å². The molecule has 0 aromatic carbocycles. The monoisotopic (exact) mass is 509 g/mol. The van der Waals surface area contributed by atoms with Gasteiger partial charge >= 0.3 is 0 Å². The summed E-state index contributed by atoms with van der Waals surface area (Å²) in [7, 11) is 0. The Bertz CT molecular complexity index is 975. The molecule has 0 spiro atoms. The number of carbonyl (C=O) groups is 1. The third kappa shape index (κ3) is 2.62. The van der Waals surface area contributed by atoms with Gasteiger partial charge in [0.1, 0.15) is 28.5 Å². The van der Waals surface area contributed by atoms with Gasteiger partial charge in [0.2, 0.25) is 0 Å². The average Bonchev–Trinajstić information content (AvgIpc) is 2.97. The van der Waals surface area contributed by atoms with Crippen LogP contribution in [-0.2, 0) is 4.79 Å². The smallest absolute Gasteiger partial charge is 0.164 e. The van der Waals surface area contributed by atoms with Crippen LogP contribution < -0.4 is 0 Å². The lowest BCUT2D eigenvalue weighted by molar-refractivity contribution is -0.354. The zero-order valence-corrected chi connectivity index (χ0v) is 21.6. The standard InChI is InChI=1S/C27H43NO8/c1-14-4-7-19-23(3,32)27(36)18(12-28(19)11-14)26(35)13-25(34)17(24(26,33)10-20(27)30)6-5-15-21(31)16(29)8-9-22(15,25)2/h14-20,29-30,32-36H,4-13H2,1-3H3/t14-,15+,16+,17-,18-,19+,20+,22-,23+,24-,25-,26-,27+/m0/s1. The summed E-state index contributed by atoms with van der Waals surface area (Å²) in [6.07, 6.45) is -0.498. The zero-order chi connectivity index (χ0) is 26.3. The van der Waals surface area contributed by atoms with Gasteiger partial charge in [-0.2, -0.15) is 0 Å². The van der Waals surface area contributed by atoms with Crippen molar-refractivity contribution in [1.29, 1.82) is 0 Å². The summed E-state index contributed by atoms with van der Waals surface area (Å²) in [5.41, 5.74) is -10.4. The largest absolute Gasteiger partial charge is 0.390 e. The molecule has 0 amide bonds. The Morgan fingerprint density at radius 3 is 2.22 bits per heavy atom. The summed E-state index contributed by atoms with van der Waals surface area (Å²) < 4.78 is 0. The van der Waals surface area contributed by atoms with Gasteiger partial charge < -0.3 is 35.7 Å². The van der Waals surface area contributed by atoms with Crippen molar-refractivity contribution in [3.05, 3.63) is 0 Å². The number of aliphatic hydroxyl groups is 7. The van der Waals surface area contributed by atoms with Crippen LogP contribution in [0.2, 0.25) is 0 Å². The molecule has 7 N–H and O–H groups in total. The lowest BCUT2D eigenvalue weighted by Crippen LogP contribution is -2.85. The zero-order valence-electron chi connectivity index (χ0n) is 21.6. The number of hydrogen-bond donors (Lipinski definition) is 7. The van der Waals surface area contributed by atoms with Crippen LogP contribution in [0.1, 0.15) is 72.1 Å². The minimum Gasteiger partial charge on any atom is -0.390 e. The van der Waals surface area contributed by atoms with E-state index in [9.17, 15) is 40.5 Å². The van der Waals surface area contributed by atoms with Crippen LogP contribution in [0.25, 0.3) is 0 Å². The van der Waals surface area contributed by atoms with Crippen molar-refractivity contribution in [3.63, 3.8) is 0 Å². The molecule has 36 heavy (non-hydrogen) atoms. The molecule has 9 nitrogen and oxygen atoms in total. The average molecular weight is 510 g/mol. The molecule has 0 bridgehead atoms. The molecule has 0 aromatic rings. The Morgan fingerprint density at radius 1 is 0.833 bits per heavy atom. The fourth-order valence-corrected chi connectivity index (χ4v) is 10.4. The van der Waals surface area contributed by atoms with E-state index in [1.165, 1.54) is 6.92 Å². The fraction of sp³-hybridized carbons (Fsp3) is 0.963. The Morgan fingerprint density at radius 2 is 1.53 bits per heavy atom. The van der Waals surface area contributed by atoms with E-state index in [0.29, 0.717) is 31.7 Å². The number of nitrogens with zero attached hydrogens (tertiary/aromatic N) is 1. The molecule has 2 saturated heterocycles. The van der Waals surface area contributed by atoms with Crippen molar-refractivity contribution in [2.24, 2.45) is 29.1 Å². The van der Waals surface area contributed by atoms with Gasteiger partial charge in [0.05, 0.1) is 11.7 Å². The molecule has 6 aliphatic rings. The molecule has 0 radical (unpaired) electrons. The van der Waals surface area contributed by atoms with Gasteiger partial charge in [0.15, 0.2) is 5.78 Å². The van der Waals surface area contributed by atoms with E-state index in [1.807, 2.05) is 6.92 Å². The van der Waals surface area contributed by atoms with Gasteiger partial charge in [0.25, 0.3) is 0 Å². The summed E-state index contributed by atoms with van der Waals surface area (Å²) in [5, 5.41) is 82.9. The third-order valence-corrected chi connectivity index (χ3v) is 12.5. The lowest BCUT2D eigenvalue weighted by Gasteiger charge is -2.68. The molecule has 4 aliphatic carbocycles. The molecule has 6 fully saturated rings. The van der Waals surface area contributed by atoms with Crippen molar-refractivity contribution in [3.8, 4) is 0 Å². The number of piperidine rings is 2. The predicted molar refractivity (Wildman–Crippen MR) is 127 cm³/mol. The van der Waals surface area contributed by atoms with Crippen LogP contribution in [0.15, 0.2) is 0 Å². The highest BCUT2D eigenvalue weighted by atomic mass is 16.4. The van der Waals surface area contributed by atoms with Gasteiger partial charge in [-0.3, -0.25) is 9.69 Å². The quantitative estimate of drug-likeness (QED) is 0.224. The van der Waals surface area contributed by atoms with Gasteiger partial charge in [0, 0.05) is 55.1 Å². The van der Waals surface area contributed by atoms with Crippen LogP contribution in [0.3, 0.4) is 0 Å². The van der Waals surface area contributed by atoms with E-state index in [1.54, 1.807) is 0 Å². The normalized spacial score (nSPS) is 63.1. The van der Waals surface area contributed by atoms with Crippen molar-refractivity contribution in [1.82, 2.24) is 4.90 Å². The van der Waals surface area contributed by atoms with Gasteiger partial charge in [-0.25, -0.2) is 0 Å². The second-order valence-electron chi connectivity index (χ2n) is 13.9. The van der Waals surface area contributed by atoms with Crippen LogP contribution >= 0.6 is 0 Å². The molecular weight excluding hydrogens is 466 g/mol. The SMILES string of the molecule is C[C@H]1CC[C@H]2N(C1)C[C@@H]1[C@@](O)([C@H](O)C[C@]3(O)[C@@H]4CC[C@@H]5C(=O)[C@H](O)CC[C@]5(C)[C@]4(O)C[C@]13O)[C@]2(C)O. The summed E-state index contributed by atoms with van der Waals surface area (Å²) in [5.74, 6) is -2.47. The van der Waals surface area contributed by atoms with Crippen LogP contribution in [0.4, 0.5) is 0 Å². The third-order valence-electron chi connectivity index (χ3n) is 12.5. The number of carbonyl (C=O) groups excluding carboxylic acids is 1. The molecule has 4 saturated carbocycles. The number of Topliss-reactive ketones (excluding diaryl/α,β-unsaturated/α-hetero) is 1. The van der Waals surface area contributed by atoms with Crippen molar-refractivity contribution in [2.45, 2.75) is 118 Å². The minimum absolute atomic E-state index is 0.179. The van der Waals surface area contributed by atoms with E-state index >= 15 is 0 Å². The van der Waals surface area contributed by atoms with Crippen molar-refractivity contribution in [2.75, 3.05) is 13.1 Å². The molecule has 0 aromatic heterocycles. The summed E-state index contributed by atoms with van der Waals surface area (Å²) in [6, 6.07) is -0.398. The van der Waals surface area contributed by atoms with Crippen LogP contribution in [0.5, 0.6) is 0 Å². The highest BCUT2D eigenvalue weighted by Crippen LogP contribution is 2.71. The molecule has 9 heteroatoms. The maximum Gasteiger partial charge on any atom is 0.164 e. The highest BCUT2D eigenvalue weighted by molar-refractivity contribution is 5.87. The van der Waals surface area contributed by atoms with Crippen molar-refractivity contribution < 1.29 is 40.5 Å². The Labute approximate surface area is 212 Å². The Balaban J connectivity index is 1.47. The first kappa shape index (κ1) is 25.6. The number of fused-ring (bicyclic) bond motifs is 8. The van der Waals surface area contributed by atoms with Crippen LogP contribution in [-0.4, -0.2) is 106 Å². The van der Waals surface area contributed by atoms with E-state index in [2.05, 4.69) is 11.8 Å². The first-order chi connectivity index (χ1) is 16.6. The number of aliphatic hydroxyl groups excluding tert-OH is 2. The molecule has 204 valence electrons. The first-order valence-corrected chi connectivity index (χ1v) is 13.8. The van der Waals surface area contributed by atoms with E-state index < -0.39 is 69.4 Å². The molecule has 6 rings (SSSR count). The van der Waals surface area contributed by atoms with Crippen molar-refractivity contribution >= 4 is 5.78 Å². The van der Waals surface area contributed by atoms with Crippen LogP contribution in [0, 0.1) is 29.1 Å².